The maximum absolute atomic E-state index is 12.3. The number of hydrogen-bond acceptors (Lipinski definition) is 2. The predicted octanol–water partition coefficient (Wildman–Crippen LogP) is 4.26. The van der Waals surface area contributed by atoms with Crippen LogP contribution in [0.1, 0.15) is 49.7 Å². The van der Waals surface area contributed by atoms with E-state index in [0.717, 1.165) is 0 Å². The van der Waals surface area contributed by atoms with E-state index >= 15 is 0 Å². The molecule has 0 radical (unpaired) electrons. The van der Waals surface area contributed by atoms with Crippen molar-refractivity contribution in [2.24, 2.45) is 11.8 Å². The second-order valence-corrected chi connectivity index (χ2v) is 7.16. The smallest absolute Gasteiger partial charge is 0.230 e. The Labute approximate surface area is 149 Å². The molecule has 3 rings (SSSR count). The third-order valence-electron chi connectivity index (χ3n) is 5.36. The molecular weight excluding hydrogens is 310 g/mol. The van der Waals surface area contributed by atoms with Crippen LogP contribution >= 0.6 is 0 Å². The standard InChI is InChI=1S/C22H25NO2/c1-15(17-9-5-3-6-10-17)13-19-20(22(25)23-21(19)24)14-16(2)18-11-7-4-8-12-18/h3-12,15-16,19-20H,13-14H2,1-2H3,(H,23,24,25). The SMILES string of the molecule is CC(CC1C(=O)NC(=O)C1CC(C)c1ccccc1)c1ccccc1. The molecule has 3 heteroatoms. The maximum atomic E-state index is 12.3. The Kier molecular flexibility index (Phi) is 5.32. The molecule has 25 heavy (non-hydrogen) atoms. The Morgan fingerprint density at radius 3 is 1.44 bits per heavy atom. The molecule has 4 atom stereocenters. The van der Waals surface area contributed by atoms with Gasteiger partial charge in [-0.3, -0.25) is 14.9 Å². The van der Waals surface area contributed by atoms with E-state index < -0.39 is 0 Å². The summed E-state index contributed by atoms with van der Waals surface area (Å²) in [5.41, 5.74) is 2.43. The van der Waals surface area contributed by atoms with Crippen LogP contribution in [0.4, 0.5) is 0 Å². The van der Waals surface area contributed by atoms with Gasteiger partial charge in [-0.05, 0) is 35.8 Å². The van der Waals surface area contributed by atoms with Gasteiger partial charge in [-0.1, -0.05) is 74.5 Å². The number of carbonyl (C=O) groups is 2. The summed E-state index contributed by atoms with van der Waals surface area (Å²) >= 11 is 0. The van der Waals surface area contributed by atoms with Crippen molar-refractivity contribution in [3.8, 4) is 0 Å². The largest absolute Gasteiger partial charge is 0.296 e. The van der Waals surface area contributed by atoms with E-state index in [4.69, 9.17) is 0 Å². The molecule has 3 nitrogen and oxygen atoms in total. The summed E-state index contributed by atoms with van der Waals surface area (Å²) in [6, 6.07) is 20.4. The molecule has 0 aromatic heterocycles. The zero-order valence-corrected chi connectivity index (χ0v) is 14.8. The number of amides is 2. The minimum Gasteiger partial charge on any atom is -0.296 e. The fraction of sp³-hybridized carbons (Fsp3) is 0.364. The van der Waals surface area contributed by atoms with Crippen LogP contribution in [0.2, 0.25) is 0 Å². The molecule has 130 valence electrons. The molecule has 0 spiro atoms. The highest BCUT2D eigenvalue weighted by Gasteiger charge is 2.42. The Balaban J connectivity index is 1.72. The summed E-state index contributed by atoms with van der Waals surface area (Å²) in [5, 5.41) is 2.55. The number of imide groups is 1. The minimum absolute atomic E-state index is 0.113. The lowest BCUT2D eigenvalue weighted by Crippen LogP contribution is -2.22. The monoisotopic (exact) mass is 335 g/mol. The van der Waals surface area contributed by atoms with Crippen LogP contribution in [0.15, 0.2) is 60.7 Å². The van der Waals surface area contributed by atoms with Crippen LogP contribution in [0.5, 0.6) is 0 Å². The number of carbonyl (C=O) groups excluding carboxylic acids is 2. The van der Waals surface area contributed by atoms with Gasteiger partial charge in [0, 0.05) is 0 Å². The van der Waals surface area contributed by atoms with Crippen LogP contribution in [0, 0.1) is 11.8 Å². The van der Waals surface area contributed by atoms with Gasteiger partial charge in [-0.25, -0.2) is 0 Å². The van der Waals surface area contributed by atoms with E-state index in [0.29, 0.717) is 12.8 Å². The van der Waals surface area contributed by atoms with Gasteiger partial charge < -0.3 is 0 Å². The molecule has 1 N–H and O–H groups in total. The average molecular weight is 335 g/mol. The molecular formula is C22H25NO2. The second-order valence-electron chi connectivity index (χ2n) is 7.16. The first-order valence-corrected chi connectivity index (χ1v) is 9.01. The average Bonchev–Trinajstić information content (AvgIpc) is 2.90. The van der Waals surface area contributed by atoms with Crippen LogP contribution in [-0.4, -0.2) is 11.8 Å². The van der Waals surface area contributed by atoms with E-state index in [9.17, 15) is 9.59 Å². The molecule has 2 aromatic carbocycles. The van der Waals surface area contributed by atoms with Crippen molar-refractivity contribution >= 4 is 11.8 Å². The topological polar surface area (TPSA) is 46.2 Å². The fourth-order valence-corrected chi connectivity index (χ4v) is 3.81. The lowest BCUT2D eigenvalue weighted by molar-refractivity contribution is -0.126. The van der Waals surface area contributed by atoms with Gasteiger partial charge >= 0.3 is 0 Å². The normalized spacial score (nSPS) is 22.5. The van der Waals surface area contributed by atoms with Crippen molar-refractivity contribution in [2.75, 3.05) is 0 Å². The molecule has 2 amide bonds. The summed E-state index contributed by atoms with van der Waals surface area (Å²) < 4.78 is 0. The number of benzene rings is 2. The van der Waals surface area contributed by atoms with E-state index in [1.165, 1.54) is 11.1 Å². The molecule has 0 saturated carbocycles. The Morgan fingerprint density at radius 1 is 0.720 bits per heavy atom. The first-order chi connectivity index (χ1) is 12.1. The highest BCUT2D eigenvalue weighted by molar-refractivity contribution is 6.05. The first kappa shape index (κ1) is 17.4. The second kappa shape index (κ2) is 7.64. The zero-order valence-electron chi connectivity index (χ0n) is 14.8. The summed E-state index contributed by atoms with van der Waals surface area (Å²) in [5.74, 6) is -0.214. The predicted molar refractivity (Wildman–Crippen MR) is 99.1 cm³/mol. The number of nitrogens with one attached hydrogen (secondary N) is 1. The molecule has 0 aliphatic carbocycles. The Morgan fingerprint density at radius 2 is 1.08 bits per heavy atom. The third kappa shape index (κ3) is 3.98. The lowest BCUT2D eigenvalue weighted by atomic mass is 9.79. The van der Waals surface area contributed by atoms with Gasteiger partial charge in [-0.2, -0.15) is 0 Å². The van der Waals surface area contributed by atoms with Gasteiger partial charge in [0.1, 0.15) is 0 Å². The van der Waals surface area contributed by atoms with Crippen molar-refractivity contribution in [3.05, 3.63) is 71.8 Å². The van der Waals surface area contributed by atoms with E-state index in [2.05, 4.69) is 43.4 Å². The molecule has 1 fully saturated rings. The van der Waals surface area contributed by atoms with E-state index in [1.54, 1.807) is 0 Å². The Bertz CT molecular complexity index is 663. The van der Waals surface area contributed by atoms with Crippen molar-refractivity contribution in [3.63, 3.8) is 0 Å². The first-order valence-electron chi connectivity index (χ1n) is 9.01. The number of rotatable bonds is 6. The van der Waals surface area contributed by atoms with Crippen LogP contribution in [0.25, 0.3) is 0 Å². The van der Waals surface area contributed by atoms with Gasteiger partial charge in [0.2, 0.25) is 11.8 Å². The van der Waals surface area contributed by atoms with Crippen LogP contribution < -0.4 is 5.32 Å². The molecule has 1 heterocycles. The lowest BCUT2D eigenvalue weighted by Gasteiger charge is -2.22. The summed E-state index contributed by atoms with van der Waals surface area (Å²) in [6.07, 6.45) is 1.40. The van der Waals surface area contributed by atoms with Crippen LogP contribution in [-0.2, 0) is 9.59 Å². The maximum Gasteiger partial charge on any atom is 0.230 e. The molecule has 1 saturated heterocycles. The van der Waals surface area contributed by atoms with Crippen molar-refractivity contribution < 1.29 is 9.59 Å². The van der Waals surface area contributed by atoms with Crippen molar-refractivity contribution in [1.82, 2.24) is 5.32 Å². The molecule has 0 bridgehead atoms. The molecule has 2 aromatic rings. The van der Waals surface area contributed by atoms with Gasteiger partial charge in [0.25, 0.3) is 0 Å². The third-order valence-corrected chi connectivity index (χ3v) is 5.36. The van der Waals surface area contributed by atoms with Gasteiger partial charge in [0.05, 0.1) is 11.8 Å². The minimum atomic E-state index is -0.242. The van der Waals surface area contributed by atoms with Crippen LogP contribution in [0.3, 0.4) is 0 Å². The zero-order chi connectivity index (χ0) is 17.8. The quantitative estimate of drug-likeness (QED) is 0.802. The molecule has 1 aliphatic heterocycles. The van der Waals surface area contributed by atoms with Crippen molar-refractivity contribution in [2.45, 2.75) is 38.5 Å². The number of hydrogen-bond donors (Lipinski definition) is 1. The van der Waals surface area contributed by atoms with Gasteiger partial charge in [-0.15, -0.1) is 0 Å². The highest BCUT2D eigenvalue weighted by Crippen LogP contribution is 2.36. The summed E-state index contributed by atoms with van der Waals surface area (Å²) in [4.78, 5) is 24.7. The molecule has 1 aliphatic rings. The Hall–Kier alpha value is -2.42. The summed E-state index contributed by atoms with van der Waals surface area (Å²) in [6.45, 7) is 4.26. The van der Waals surface area contributed by atoms with E-state index in [1.807, 2.05) is 36.4 Å². The van der Waals surface area contributed by atoms with E-state index in [-0.39, 0.29) is 35.5 Å². The van der Waals surface area contributed by atoms with Crippen molar-refractivity contribution in [1.29, 1.82) is 0 Å². The van der Waals surface area contributed by atoms with Gasteiger partial charge in [0.15, 0.2) is 0 Å². The summed E-state index contributed by atoms with van der Waals surface area (Å²) in [7, 11) is 0. The highest BCUT2D eigenvalue weighted by atomic mass is 16.2. The fourth-order valence-electron chi connectivity index (χ4n) is 3.81. The molecule has 4 unspecified atom stereocenters.